The Hall–Kier alpha value is -1.25. The van der Waals surface area contributed by atoms with Crippen molar-refractivity contribution in [2.24, 2.45) is 0 Å². The molecule has 0 spiro atoms. The van der Waals surface area contributed by atoms with Gasteiger partial charge in [-0.05, 0) is 28.9 Å². The second-order valence-corrected chi connectivity index (χ2v) is 5.51. The molecule has 6 nitrogen and oxygen atoms in total. The van der Waals surface area contributed by atoms with E-state index in [9.17, 15) is 14.5 Å². The molecule has 2 atom stereocenters. The zero-order valence-corrected chi connectivity index (χ0v) is 12.3. The Balaban J connectivity index is 2.44. The first-order valence-corrected chi connectivity index (χ1v) is 6.86. The molecule has 1 aromatic rings. The molecule has 2 rings (SSSR count). The summed E-state index contributed by atoms with van der Waals surface area (Å²) in [6.45, 7) is 2.35. The van der Waals surface area contributed by atoms with Gasteiger partial charge in [0.2, 0.25) is 0 Å². The highest BCUT2D eigenvalue weighted by Gasteiger charge is 2.31. The molecule has 2 unspecified atom stereocenters. The normalized spacial score (nSPS) is 22.9. The number of anilines is 1. The quantitative estimate of drug-likeness (QED) is 0.668. The molecule has 0 aliphatic carbocycles. The largest absolute Gasteiger partial charge is 0.394 e. The van der Waals surface area contributed by atoms with E-state index in [4.69, 9.17) is 9.84 Å². The highest BCUT2D eigenvalue weighted by molar-refractivity contribution is 9.10. The van der Waals surface area contributed by atoms with E-state index in [1.54, 1.807) is 4.90 Å². The fourth-order valence-corrected chi connectivity index (χ4v) is 2.50. The maximum Gasteiger partial charge on any atom is 0.295 e. The van der Waals surface area contributed by atoms with Crippen molar-refractivity contribution in [2.75, 3.05) is 24.7 Å². The summed E-state index contributed by atoms with van der Waals surface area (Å²) in [5.74, 6) is -0.680. The van der Waals surface area contributed by atoms with Gasteiger partial charge in [-0.1, -0.05) is 0 Å². The van der Waals surface area contributed by atoms with Crippen LogP contribution in [0.5, 0.6) is 0 Å². The number of halogens is 2. The third-order valence-corrected chi connectivity index (χ3v) is 3.84. The number of ether oxygens (including phenoxy) is 1. The van der Waals surface area contributed by atoms with Crippen LogP contribution in [0.3, 0.4) is 0 Å². The number of nitro groups is 1. The van der Waals surface area contributed by atoms with Gasteiger partial charge in [-0.3, -0.25) is 10.1 Å². The van der Waals surface area contributed by atoms with Gasteiger partial charge in [0.15, 0.2) is 0 Å². The zero-order valence-electron chi connectivity index (χ0n) is 10.8. The van der Waals surface area contributed by atoms with Crippen LogP contribution in [-0.4, -0.2) is 41.9 Å². The SMILES string of the molecule is CC1COC(CO)CN1c1cc(Br)c(F)cc1[N+](=O)[O-]. The Morgan fingerprint density at radius 3 is 2.95 bits per heavy atom. The summed E-state index contributed by atoms with van der Waals surface area (Å²) in [7, 11) is 0. The van der Waals surface area contributed by atoms with Gasteiger partial charge in [-0.15, -0.1) is 0 Å². The molecule has 0 aromatic heterocycles. The van der Waals surface area contributed by atoms with Crippen LogP contribution in [0.4, 0.5) is 15.8 Å². The van der Waals surface area contributed by atoms with Crippen LogP contribution in [0.1, 0.15) is 6.92 Å². The van der Waals surface area contributed by atoms with Crippen LogP contribution in [0, 0.1) is 15.9 Å². The highest BCUT2D eigenvalue weighted by Crippen LogP contribution is 2.35. The molecule has 1 fully saturated rings. The predicted molar refractivity (Wildman–Crippen MR) is 74.4 cm³/mol. The summed E-state index contributed by atoms with van der Waals surface area (Å²) in [5, 5.41) is 20.3. The van der Waals surface area contributed by atoms with E-state index < -0.39 is 16.8 Å². The van der Waals surface area contributed by atoms with Gasteiger partial charge in [0.1, 0.15) is 11.5 Å². The molecule has 8 heteroatoms. The van der Waals surface area contributed by atoms with Crippen molar-refractivity contribution in [3.63, 3.8) is 0 Å². The number of nitro benzene ring substituents is 1. The Kier molecular flexibility index (Phi) is 4.56. The van der Waals surface area contributed by atoms with E-state index in [0.29, 0.717) is 18.8 Å². The van der Waals surface area contributed by atoms with E-state index in [1.165, 1.54) is 6.07 Å². The molecule has 0 saturated carbocycles. The lowest BCUT2D eigenvalue weighted by Crippen LogP contribution is -2.49. The number of nitrogens with zero attached hydrogens (tertiary/aromatic N) is 2. The molecule has 110 valence electrons. The maximum atomic E-state index is 13.5. The zero-order chi connectivity index (χ0) is 14.9. The number of aliphatic hydroxyl groups excluding tert-OH is 1. The first kappa shape index (κ1) is 15.1. The molecule has 20 heavy (non-hydrogen) atoms. The molecule has 0 amide bonds. The smallest absolute Gasteiger partial charge is 0.295 e. The number of hydrogen-bond donors (Lipinski definition) is 1. The average molecular weight is 349 g/mol. The lowest BCUT2D eigenvalue weighted by Gasteiger charge is -2.38. The van der Waals surface area contributed by atoms with Gasteiger partial charge < -0.3 is 14.7 Å². The molecular weight excluding hydrogens is 335 g/mol. The fourth-order valence-electron chi connectivity index (χ4n) is 2.17. The maximum absolute atomic E-state index is 13.5. The van der Waals surface area contributed by atoms with Crippen LogP contribution in [-0.2, 0) is 4.74 Å². The standard InChI is InChI=1S/C12H14BrFN2O4/c1-7-6-20-8(5-17)4-15(7)11-2-9(13)10(14)3-12(11)16(18)19/h2-3,7-8,17H,4-6H2,1H3. The first-order chi connectivity index (χ1) is 9.43. The molecule has 0 radical (unpaired) electrons. The number of hydrogen-bond acceptors (Lipinski definition) is 5. The summed E-state index contributed by atoms with van der Waals surface area (Å²) >= 11 is 3.04. The minimum absolute atomic E-state index is 0.103. The Bertz CT molecular complexity index is 528. The van der Waals surface area contributed by atoms with Gasteiger partial charge in [0, 0.05) is 12.6 Å². The third-order valence-electron chi connectivity index (χ3n) is 3.23. The topological polar surface area (TPSA) is 75.8 Å². The number of morpholine rings is 1. The van der Waals surface area contributed by atoms with E-state index >= 15 is 0 Å². The van der Waals surface area contributed by atoms with Gasteiger partial charge >= 0.3 is 0 Å². The van der Waals surface area contributed by atoms with Crippen molar-refractivity contribution in [1.29, 1.82) is 0 Å². The monoisotopic (exact) mass is 348 g/mol. The van der Waals surface area contributed by atoms with Crippen LogP contribution < -0.4 is 4.90 Å². The van der Waals surface area contributed by atoms with Crippen molar-refractivity contribution in [1.82, 2.24) is 0 Å². The number of aliphatic hydroxyl groups is 1. The molecule has 1 aliphatic heterocycles. The number of rotatable bonds is 3. The molecule has 0 bridgehead atoms. The summed E-state index contributed by atoms with van der Waals surface area (Å²) < 4.78 is 19.1. The van der Waals surface area contributed by atoms with Crippen LogP contribution in [0.2, 0.25) is 0 Å². The molecule has 1 aromatic carbocycles. The fraction of sp³-hybridized carbons (Fsp3) is 0.500. The van der Waals surface area contributed by atoms with E-state index in [0.717, 1.165) is 6.07 Å². The third kappa shape index (κ3) is 2.92. The molecule has 1 N–H and O–H groups in total. The molecule has 1 aliphatic rings. The van der Waals surface area contributed by atoms with Crippen molar-refractivity contribution < 1.29 is 19.2 Å². The van der Waals surface area contributed by atoms with E-state index in [-0.39, 0.29) is 22.8 Å². The van der Waals surface area contributed by atoms with Gasteiger partial charge in [-0.2, -0.15) is 0 Å². The number of benzene rings is 1. The lowest BCUT2D eigenvalue weighted by molar-refractivity contribution is -0.384. The van der Waals surface area contributed by atoms with Crippen LogP contribution in [0.15, 0.2) is 16.6 Å². The van der Waals surface area contributed by atoms with Crippen molar-refractivity contribution in [3.05, 3.63) is 32.5 Å². The van der Waals surface area contributed by atoms with E-state index in [2.05, 4.69) is 15.9 Å². The molecular formula is C12H14BrFN2O4. The summed E-state index contributed by atoms with van der Waals surface area (Å²) in [4.78, 5) is 12.2. The summed E-state index contributed by atoms with van der Waals surface area (Å²) in [6.07, 6.45) is -0.408. The van der Waals surface area contributed by atoms with Crippen LogP contribution in [0.25, 0.3) is 0 Å². The Morgan fingerprint density at radius 2 is 2.35 bits per heavy atom. The van der Waals surface area contributed by atoms with E-state index in [1.807, 2.05) is 6.92 Å². The second kappa shape index (κ2) is 6.02. The Labute approximate surface area is 123 Å². The Morgan fingerprint density at radius 1 is 1.65 bits per heavy atom. The van der Waals surface area contributed by atoms with Crippen molar-refractivity contribution in [2.45, 2.75) is 19.1 Å². The van der Waals surface area contributed by atoms with Crippen molar-refractivity contribution in [3.8, 4) is 0 Å². The van der Waals surface area contributed by atoms with Gasteiger partial charge in [0.05, 0.1) is 34.8 Å². The summed E-state index contributed by atoms with van der Waals surface area (Å²) in [6, 6.07) is 2.19. The minimum Gasteiger partial charge on any atom is -0.394 e. The highest BCUT2D eigenvalue weighted by atomic mass is 79.9. The van der Waals surface area contributed by atoms with Crippen LogP contribution >= 0.6 is 15.9 Å². The minimum atomic E-state index is -0.680. The van der Waals surface area contributed by atoms with Gasteiger partial charge in [0.25, 0.3) is 5.69 Å². The lowest BCUT2D eigenvalue weighted by atomic mass is 10.1. The van der Waals surface area contributed by atoms with Crippen molar-refractivity contribution >= 4 is 27.3 Å². The molecule has 1 saturated heterocycles. The predicted octanol–water partition coefficient (Wildman–Crippen LogP) is 2.08. The van der Waals surface area contributed by atoms with Gasteiger partial charge in [-0.25, -0.2) is 4.39 Å². The summed E-state index contributed by atoms with van der Waals surface area (Å²) in [5.41, 5.74) is 0.0219. The molecule has 1 heterocycles. The average Bonchev–Trinajstić information content (AvgIpc) is 2.42. The first-order valence-electron chi connectivity index (χ1n) is 6.06. The second-order valence-electron chi connectivity index (χ2n) is 4.65.